The molecule has 0 saturated carbocycles. The summed E-state index contributed by atoms with van der Waals surface area (Å²) < 4.78 is 3.58. The van der Waals surface area contributed by atoms with Crippen molar-refractivity contribution in [2.24, 2.45) is 12.9 Å². The zero-order valence-corrected chi connectivity index (χ0v) is 9.99. The highest BCUT2D eigenvalue weighted by atomic mass is 15.3. The third-order valence-corrected chi connectivity index (χ3v) is 2.99. The minimum absolute atomic E-state index is 0.112. The van der Waals surface area contributed by atoms with Crippen molar-refractivity contribution in [2.45, 2.75) is 6.04 Å². The second-order valence-electron chi connectivity index (χ2n) is 4.18. The number of aromatic nitrogens is 4. The molecule has 0 fully saturated rings. The Morgan fingerprint density at radius 2 is 2.17 bits per heavy atom. The van der Waals surface area contributed by atoms with Crippen LogP contribution in [0.25, 0.3) is 5.52 Å². The molecule has 3 heterocycles. The van der Waals surface area contributed by atoms with Gasteiger partial charge in [0.15, 0.2) is 0 Å². The van der Waals surface area contributed by atoms with E-state index in [2.05, 4.69) is 15.6 Å². The molecule has 92 valence electrons. The first kappa shape index (κ1) is 10.9. The van der Waals surface area contributed by atoms with Crippen molar-refractivity contribution >= 4 is 5.52 Å². The molecular formula is C12H14N6. The Balaban J connectivity index is 2.11. The Morgan fingerprint density at radius 3 is 2.89 bits per heavy atom. The number of nitrogens with zero attached hydrogens (tertiary/aromatic N) is 4. The van der Waals surface area contributed by atoms with E-state index in [4.69, 9.17) is 5.84 Å². The zero-order valence-electron chi connectivity index (χ0n) is 9.99. The number of aryl methyl sites for hydroxylation is 1. The molecule has 18 heavy (non-hydrogen) atoms. The van der Waals surface area contributed by atoms with Crippen LogP contribution in [0.15, 0.2) is 43.0 Å². The Bertz CT molecular complexity index is 668. The molecule has 0 radical (unpaired) electrons. The maximum absolute atomic E-state index is 5.67. The monoisotopic (exact) mass is 242 g/mol. The van der Waals surface area contributed by atoms with E-state index in [0.29, 0.717) is 0 Å². The number of rotatable bonds is 3. The third kappa shape index (κ3) is 1.68. The predicted octanol–water partition coefficient (Wildman–Crippen LogP) is 0.620. The molecule has 3 aromatic heterocycles. The summed E-state index contributed by atoms with van der Waals surface area (Å²) in [4.78, 5) is 0. The number of hydrazine groups is 1. The average molecular weight is 242 g/mol. The lowest BCUT2D eigenvalue weighted by Gasteiger charge is -2.12. The molecule has 6 heteroatoms. The van der Waals surface area contributed by atoms with Crippen LogP contribution in [0.2, 0.25) is 0 Å². The molecule has 3 rings (SSSR count). The summed E-state index contributed by atoms with van der Waals surface area (Å²) in [6, 6.07) is 5.83. The van der Waals surface area contributed by atoms with Gasteiger partial charge in [0.2, 0.25) is 0 Å². The van der Waals surface area contributed by atoms with Crippen molar-refractivity contribution in [3.8, 4) is 0 Å². The van der Waals surface area contributed by atoms with Gasteiger partial charge in [-0.1, -0.05) is 6.07 Å². The van der Waals surface area contributed by atoms with Crippen molar-refractivity contribution in [2.75, 3.05) is 0 Å². The summed E-state index contributed by atoms with van der Waals surface area (Å²) in [6.07, 6.45) is 7.48. The minimum Gasteiger partial charge on any atom is -0.275 e. The fraction of sp³-hybridized carbons (Fsp3) is 0.167. The predicted molar refractivity (Wildman–Crippen MR) is 67.6 cm³/mol. The van der Waals surface area contributed by atoms with Crippen molar-refractivity contribution in [3.05, 3.63) is 54.1 Å². The molecule has 3 N–H and O–H groups in total. The number of hydrogen-bond acceptors (Lipinski definition) is 4. The van der Waals surface area contributed by atoms with Gasteiger partial charge in [-0.2, -0.15) is 10.2 Å². The topological polar surface area (TPSA) is 73.2 Å². The standard InChI is InChI=1S/C12H14N6/c1-17-8-9(6-14-17)12(16-13)10-7-15-18-5-3-2-4-11(10)18/h2-8,12,16H,13H2,1H3. The van der Waals surface area contributed by atoms with Crippen molar-refractivity contribution < 1.29 is 0 Å². The van der Waals surface area contributed by atoms with E-state index < -0.39 is 0 Å². The molecule has 0 aliphatic heterocycles. The van der Waals surface area contributed by atoms with Gasteiger partial charge in [-0.15, -0.1) is 0 Å². The van der Waals surface area contributed by atoms with E-state index in [1.807, 2.05) is 48.4 Å². The summed E-state index contributed by atoms with van der Waals surface area (Å²) in [5.74, 6) is 5.67. The Labute approximate surface area is 104 Å². The normalized spacial score (nSPS) is 13.0. The van der Waals surface area contributed by atoms with Crippen LogP contribution in [0.1, 0.15) is 17.2 Å². The lowest BCUT2D eigenvalue weighted by Crippen LogP contribution is -2.28. The van der Waals surface area contributed by atoms with Crippen molar-refractivity contribution in [1.82, 2.24) is 24.8 Å². The number of nitrogens with two attached hydrogens (primary N) is 1. The van der Waals surface area contributed by atoms with E-state index in [9.17, 15) is 0 Å². The lowest BCUT2D eigenvalue weighted by atomic mass is 10.0. The highest BCUT2D eigenvalue weighted by Gasteiger charge is 2.18. The molecule has 1 unspecified atom stereocenters. The number of nitrogens with one attached hydrogen (secondary N) is 1. The maximum Gasteiger partial charge on any atom is 0.0777 e. The van der Waals surface area contributed by atoms with Crippen LogP contribution >= 0.6 is 0 Å². The minimum atomic E-state index is -0.112. The largest absolute Gasteiger partial charge is 0.275 e. The molecule has 1 atom stereocenters. The molecule has 0 aliphatic rings. The summed E-state index contributed by atoms with van der Waals surface area (Å²) in [7, 11) is 1.88. The van der Waals surface area contributed by atoms with Gasteiger partial charge in [-0.3, -0.25) is 10.5 Å². The summed E-state index contributed by atoms with van der Waals surface area (Å²) in [5.41, 5.74) is 5.90. The Kier molecular flexibility index (Phi) is 2.58. The van der Waals surface area contributed by atoms with Crippen LogP contribution in [0.5, 0.6) is 0 Å². The number of fused-ring (bicyclic) bond motifs is 1. The first-order valence-corrected chi connectivity index (χ1v) is 5.66. The molecule has 0 aliphatic carbocycles. The smallest absolute Gasteiger partial charge is 0.0777 e. The van der Waals surface area contributed by atoms with E-state index in [0.717, 1.165) is 16.6 Å². The van der Waals surface area contributed by atoms with Crippen molar-refractivity contribution in [1.29, 1.82) is 0 Å². The molecular weight excluding hydrogens is 228 g/mol. The number of pyridine rings is 1. The van der Waals surface area contributed by atoms with Crippen LogP contribution in [0.3, 0.4) is 0 Å². The third-order valence-electron chi connectivity index (χ3n) is 2.99. The number of hydrogen-bond donors (Lipinski definition) is 2. The average Bonchev–Trinajstić information content (AvgIpc) is 2.98. The highest BCUT2D eigenvalue weighted by Crippen LogP contribution is 2.24. The first-order chi connectivity index (χ1) is 8.79. The lowest BCUT2D eigenvalue weighted by molar-refractivity contribution is 0.639. The zero-order chi connectivity index (χ0) is 12.5. The molecule has 0 aromatic carbocycles. The summed E-state index contributed by atoms with van der Waals surface area (Å²) in [5, 5.41) is 8.48. The molecule has 0 bridgehead atoms. The van der Waals surface area contributed by atoms with E-state index in [1.54, 1.807) is 10.9 Å². The first-order valence-electron chi connectivity index (χ1n) is 5.66. The van der Waals surface area contributed by atoms with Crippen molar-refractivity contribution in [3.63, 3.8) is 0 Å². The molecule has 0 spiro atoms. The SMILES string of the molecule is Cn1cc(C(NN)c2cnn3ccccc23)cn1. The molecule has 0 saturated heterocycles. The van der Waals surface area contributed by atoms with E-state index in [1.165, 1.54) is 0 Å². The van der Waals surface area contributed by atoms with Gasteiger partial charge in [0.05, 0.1) is 24.0 Å². The van der Waals surface area contributed by atoms with Gasteiger partial charge < -0.3 is 0 Å². The second-order valence-corrected chi connectivity index (χ2v) is 4.18. The van der Waals surface area contributed by atoms with Gasteiger partial charge in [-0.25, -0.2) is 9.94 Å². The maximum atomic E-state index is 5.67. The van der Waals surface area contributed by atoms with Gasteiger partial charge in [0.1, 0.15) is 0 Å². The summed E-state index contributed by atoms with van der Waals surface area (Å²) >= 11 is 0. The Morgan fingerprint density at radius 1 is 1.28 bits per heavy atom. The van der Waals surface area contributed by atoms with Crippen LogP contribution in [0.4, 0.5) is 0 Å². The fourth-order valence-corrected chi connectivity index (χ4v) is 2.13. The molecule has 0 amide bonds. The quantitative estimate of drug-likeness (QED) is 0.521. The van der Waals surface area contributed by atoms with Gasteiger partial charge >= 0.3 is 0 Å². The van der Waals surface area contributed by atoms with Gasteiger partial charge in [0.25, 0.3) is 0 Å². The molecule has 3 aromatic rings. The van der Waals surface area contributed by atoms with E-state index in [-0.39, 0.29) is 6.04 Å². The van der Waals surface area contributed by atoms with Crippen LogP contribution < -0.4 is 11.3 Å². The van der Waals surface area contributed by atoms with Crippen LogP contribution in [-0.2, 0) is 7.05 Å². The highest BCUT2D eigenvalue weighted by molar-refractivity contribution is 5.56. The van der Waals surface area contributed by atoms with Crippen LogP contribution in [-0.4, -0.2) is 19.4 Å². The Hall–Kier alpha value is -2.18. The van der Waals surface area contributed by atoms with Crippen LogP contribution in [0, 0.1) is 0 Å². The van der Waals surface area contributed by atoms with Gasteiger partial charge in [-0.05, 0) is 12.1 Å². The molecule has 6 nitrogen and oxygen atoms in total. The van der Waals surface area contributed by atoms with Gasteiger partial charge in [0, 0.05) is 30.6 Å². The second kappa shape index (κ2) is 4.25. The van der Waals surface area contributed by atoms with E-state index >= 15 is 0 Å². The summed E-state index contributed by atoms with van der Waals surface area (Å²) in [6.45, 7) is 0. The fourth-order valence-electron chi connectivity index (χ4n) is 2.13.